The Hall–Kier alpha value is -1.12. The molecule has 0 unspecified atom stereocenters. The van der Waals surface area contributed by atoms with Crippen molar-refractivity contribution < 1.29 is 9.59 Å². The van der Waals surface area contributed by atoms with Crippen molar-refractivity contribution >= 4 is 11.7 Å². The average Bonchev–Trinajstić information content (AvgIpc) is 2.02. The van der Waals surface area contributed by atoms with Crippen molar-refractivity contribution in [2.24, 2.45) is 5.41 Å². The number of rotatable bonds is 4. The molecule has 0 aliphatic rings. The summed E-state index contributed by atoms with van der Waals surface area (Å²) >= 11 is 0. The zero-order valence-electron chi connectivity index (χ0n) is 8.52. The van der Waals surface area contributed by atoms with Gasteiger partial charge in [-0.15, -0.1) is 0 Å². The highest BCUT2D eigenvalue weighted by Gasteiger charge is 2.20. The summed E-state index contributed by atoms with van der Waals surface area (Å²) in [5, 5.41) is 2.56. The Labute approximate surface area is 79.2 Å². The van der Waals surface area contributed by atoms with Gasteiger partial charge in [-0.1, -0.05) is 27.4 Å². The summed E-state index contributed by atoms with van der Waals surface area (Å²) in [5.74, 6) is -0.0847. The van der Waals surface area contributed by atoms with Crippen LogP contribution in [0.2, 0.25) is 0 Å². The molecule has 0 radical (unpaired) electrons. The Morgan fingerprint density at radius 2 is 1.92 bits per heavy atom. The van der Waals surface area contributed by atoms with Gasteiger partial charge in [0.15, 0.2) is 0 Å². The molecule has 0 saturated heterocycles. The van der Waals surface area contributed by atoms with Crippen molar-refractivity contribution in [1.29, 1.82) is 0 Å². The van der Waals surface area contributed by atoms with Gasteiger partial charge in [-0.25, -0.2) is 0 Å². The van der Waals surface area contributed by atoms with Crippen LogP contribution in [-0.4, -0.2) is 18.2 Å². The van der Waals surface area contributed by atoms with E-state index >= 15 is 0 Å². The third kappa shape index (κ3) is 5.17. The number of amides is 1. The Balaban J connectivity index is 3.73. The first kappa shape index (κ1) is 11.9. The molecule has 0 aliphatic carbocycles. The van der Waals surface area contributed by atoms with Crippen molar-refractivity contribution in [3.05, 3.63) is 12.7 Å². The molecule has 0 aromatic heterocycles. The molecule has 3 heteroatoms. The average molecular weight is 183 g/mol. The first-order valence-electron chi connectivity index (χ1n) is 4.31. The van der Waals surface area contributed by atoms with Crippen molar-refractivity contribution in [3.8, 4) is 0 Å². The molecule has 0 aromatic rings. The molecular weight excluding hydrogens is 166 g/mol. The minimum Gasteiger partial charge on any atom is -0.352 e. The molecule has 1 N–H and O–H groups in total. The largest absolute Gasteiger partial charge is 0.352 e. The van der Waals surface area contributed by atoms with Gasteiger partial charge in [0, 0.05) is 18.4 Å². The van der Waals surface area contributed by atoms with Crippen LogP contribution in [0.5, 0.6) is 0 Å². The number of hydrogen-bond acceptors (Lipinski definition) is 2. The van der Waals surface area contributed by atoms with E-state index in [1.807, 2.05) is 20.8 Å². The molecule has 0 aliphatic heterocycles. The molecule has 0 rings (SSSR count). The molecule has 0 heterocycles. The van der Waals surface area contributed by atoms with Gasteiger partial charge in [-0.2, -0.15) is 0 Å². The van der Waals surface area contributed by atoms with Crippen LogP contribution >= 0.6 is 0 Å². The van der Waals surface area contributed by atoms with Crippen LogP contribution in [0.1, 0.15) is 27.2 Å². The van der Waals surface area contributed by atoms with Crippen LogP contribution in [0, 0.1) is 5.41 Å². The number of Topliss-reactive ketones (excluding diaryl/α,β-unsaturated/α-hetero) is 1. The number of ketones is 1. The molecule has 3 nitrogen and oxygen atoms in total. The molecule has 74 valence electrons. The molecule has 0 atom stereocenters. The monoisotopic (exact) mass is 183 g/mol. The maximum absolute atomic E-state index is 11.4. The van der Waals surface area contributed by atoms with Crippen LogP contribution in [-0.2, 0) is 9.59 Å². The van der Waals surface area contributed by atoms with Gasteiger partial charge in [-0.3, -0.25) is 9.59 Å². The van der Waals surface area contributed by atoms with Gasteiger partial charge in [0.1, 0.15) is 5.78 Å². The predicted octanol–water partition coefficient (Wildman–Crippen LogP) is 1.29. The summed E-state index contributed by atoms with van der Waals surface area (Å²) in [7, 11) is 0. The second-order valence-electron chi connectivity index (χ2n) is 3.92. The van der Waals surface area contributed by atoms with Gasteiger partial charge >= 0.3 is 0 Å². The maximum atomic E-state index is 11.4. The quantitative estimate of drug-likeness (QED) is 0.668. The second-order valence-corrected chi connectivity index (χ2v) is 3.92. The highest BCUT2D eigenvalue weighted by Crippen LogP contribution is 2.15. The Kier molecular flexibility index (Phi) is 4.38. The van der Waals surface area contributed by atoms with Crippen molar-refractivity contribution in [1.82, 2.24) is 5.32 Å². The van der Waals surface area contributed by atoms with Gasteiger partial charge in [0.2, 0.25) is 5.91 Å². The molecule has 0 fully saturated rings. The molecule has 0 spiro atoms. The smallest absolute Gasteiger partial charge is 0.243 e. The fraction of sp³-hybridized carbons (Fsp3) is 0.600. The molecular formula is C10H17NO2. The van der Waals surface area contributed by atoms with Crippen LogP contribution in [0.25, 0.3) is 0 Å². The van der Waals surface area contributed by atoms with E-state index in [0.717, 1.165) is 0 Å². The van der Waals surface area contributed by atoms with E-state index in [1.165, 1.54) is 6.08 Å². The van der Waals surface area contributed by atoms with E-state index in [9.17, 15) is 9.59 Å². The maximum Gasteiger partial charge on any atom is 0.243 e. The van der Waals surface area contributed by atoms with Crippen LogP contribution in [0.3, 0.4) is 0 Å². The zero-order chi connectivity index (χ0) is 10.5. The van der Waals surface area contributed by atoms with Gasteiger partial charge in [-0.05, 0) is 6.08 Å². The van der Waals surface area contributed by atoms with E-state index in [1.54, 1.807) is 0 Å². The van der Waals surface area contributed by atoms with Crippen LogP contribution in [0.4, 0.5) is 0 Å². The predicted molar refractivity (Wildman–Crippen MR) is 52.3 cm³/mol. The highest BCUT2D eigenvalue weighted by atomic mass is 16.1. The summed E-state index contributed by atoms with van der Waals surface area (Å²) in [6.07, 6.45) is 1.57. The van der Waals surface area contributed by atoms with Gasteiger partial charge < -0.3 is 5.32 Å². The zero-order valence-corrected chi connectivity index (χ0v) is 8.52. The highest BCUT2D eigenvalue weighted by molar-refractivity contribution is 5.88. The van der Waals surface area contributed by atoms with E-state index in [-0.39, 0.29) is 17.1 Å². The fourth-order valence-corrected chi connectivity index (χ4v) is 0.746. The first-order chi connectivity index (χ1) is 5.88. The lowest BCUT2D eigenvalue weighted by molar-refractivity contribution is -0.126. The van der Waals surface area contributed by atoms with Gasteiger partial charge in [0.05, 0.1) is 0 Å². The lowest BCUT2D eigenvalue weighted by Crippen LogP contribution is -2.28. The molecule has 0 aromatic carbocycles. The van der Waals surface area contributed by atoms with Gasteiger partial charge in [0.25, 0.3) is 0 Å². The third-order valence-corrected chi connectivity index (χ3v) is 1.67. The minimum absolute atomic E-state index is 0.150. The van der Waals surface area contributed by atoms with E-state index in [0.29, 0.717) is 13.0 Å². The summed E-state index contributed by atoms with van der Waals surface area (Å²) in [5.41, 5.74) is -0.321. The number of carbonyl (C=O) groups excluding carboxylic acids is 2. The lowest BCUT2D eigenvalue weighted by atomic mass is 9.89. The summed E-state index contributed by atoms with van der Waals surface area (Å²) in [4.78, 5) is 22.1. The summed E-state index contributed by atoms with van der Waals surface area (Å²) in [6, 6.07) is 0. The molecule has 13 heavy (non-hydrogen) atoms. The second kappa shape index (κ2) is 4.80. The Morgan fingerprint density at radius 3 is 2.31 bits per heavy atom. The van der Waals surface area contributed by atoms with Crippen molar-refractivity contribution in [2.45, 2.75) is 27.2 Å². The molecule has 0 bridgehead atoms. The fourth-order valence-electron chi connectivity index (χ4n) is 0.746. The Bertz CT molecular complexity index is 213. The van der Waals surface area contributed by atoms with Crippen molar-refractivity contribution in [3.63, 3.8) is 0 Å². The normalized spacial score (nSPS) is 10.7. The van der Waals surface area contributed by atoms with E-state index < -0.39 is 0 Å². The number of hydrogen-bond donors (Lipinski definition) is 1. The standard InChI is InChI=1S/C10H17NO2/c1-5-9(13)11-7-6-8(12)10(2,3)4/h5H,1,6-7H2,2-4H3,(H,11,13). The number of carbonyl (C=O) groups is 2. The van der Waals surface area contributed by atoms with Crippen molar-refractivity contribution in [2.75, 3.05) is 6.54 Å². The summed E-state index contributed by atoms with van der Waals surface area (Å²) in [6.45, 7) is 9.30. The van der Waals surface area contributed by atoms with E-state index in [4.69, 9.17) is 0 Å². The van der Waals surface area contributed by atoms with E-state index in [2.05, 4.69) is 11.9 Å². The molecule has 0 saturated carbocycles. The molecule has 1 amide bonds. The summed E-state index contributed by atoms with van der Waals surface area (Å²) < 4.78 is 0. The van der Waals surface area contributed by atoms with Crippen LogP contribution in [0.15, 0.2) is 12.7 Å². The topological polar surface area (TPSA) is 46.2 Å². The van der Waals surface area contributed by atoms with Crippen LogP contribution < -0.4 is 5.32 Å². The first-order valence-corrected chi connectivity index (χ1v) is 4.31. The lowest BCUT2D eigenvalue weighted by Gasteiger charge is -2.16. The third-order valence-electron chi connectivity index (χ3n) is 1.67. The minimum atomic E-state index is -0.321. The SMILES string of the molecule is C=CC(=O)NCCC(=O)C(C)(C)C. The Morgan fingerprint density at radius 1 is 1.38 bits per heavy atom. The number of nitrogens with one attached hydrogen (secondary N) is 1.